The molecule has 1 aromatic rings. The highest BCUT2D eigenvalue weighted by atomic mass is 127. The predicted molar refractivity (Wildman–Crippen MR) is 113 cm³/mol. The number of thiophene rings is 1. The van der Waals surface area contributed by atoms with Crippen LogP contribution in [0.2, 0.25) is 0 Å². The van der Waals surface area contributed by atoms with Crippen molar-refractivity contribution in [3.8, 4) is 0 Å². The van der Waals surface area contributed by atoms with Gasteiger partial charge in [-0.2, -0.15) is 0 Å². The standard InChI is InChI=1S/C16H25BrN4S.HI/c1-18-16(19-10-14-6-7-15(17)22-14)20-12-8-9-21(11-12)13-4-2-3-5-13;/h6-7,12-13H,2-5,8-11H2,1H3,(H2,18,19,20);1H. The summed E-state index contributed by atoms with van der Waals surface area (Å²) in [5.74, 6) is 0.919. The van der Waals surface area contributed by atoms with Gasteiger partial charge in [-0.05, 0) is 47.3 Å². The van der Waals surface area contributed by atoms with Gasteiger partial charge in [0, 0.05) is 37.1 Å². The van der Waals surface area contributed by atoms with Crippen LogP contribution in [0.3, 0.4) is 0 Å². The van der Waals surface area contributed by atoms with Crippen molar-refractivity contribution in [1.29, 1.82) is 0 Å². The second kappa shape index (κ2) is 9.58. The van der Waals surface area contributed by atoms with Gasteiger partial charge >= 0.3 is 0 Å². The molecule has 4 nitrogen and oxygen atoms in total. The summed E-state index contributed by atoms with van der Waals surface area (Å²) in [5.41, 5.74) is 0. The van der Waals surface area contributed by atoms with Gasteiger partial charge in [0.1, 0.15) is 0 Å². The van der Waals surface area contributed by atoms with Crippen LogP contribution < -0.4 is 10.6 Å². The third-order valence-electron chi connectivity index (χ3n) is 4.68. The van der Waals surface area contributed by atoms with E-state index in [0.717, 1.165) is 25.1 Å². The largest absolute Gasteiger partial charge is 0.352 e. The maximum Gasteiger partial charge on any atom is 0.191 e. The Morgan fingerprint density at radius 2 is 2.13 bits per heavy atom. The van der Waals surface area contributed by atoms with Gasteiger partial charge < -0.3 is 10.6 Å². The maximum absolute atomic E-state index is 4.36. The van der Waals surface area contributed by atoms with E-state index in [-0.39, 0.29) is 24.0 Å². The molecule has 1 aliphatic carbocycles. The third kappa shape index (κ3) is 5.57. The number of nitrogens with zero attached hydrogens (tertiary/aromatic N) is 2. The first kappa shape index (κ1) is 19.5. The second-order valence-electron chi connectivity index (χ2n) is 6.19. The Morgan fingerprint density at radius 1 is 1.35 bits per heavy atom. The molecular weight excluding hydrogens is 487 g/mol. The Balaban J connectivity index is 0.00000192. The van der Waals surface area contributed by atoms with Crippen molar-refractivity contribution in [3.63, 3.8) is 0 Å². The van der Waals surface area contributed by atoms with Crippen LogP contribution in [-0.4, -0.2) is 43.1 Å². The zero-order valence-corrected chi connectivity index (χ0v) is 18.3. The molecule has 23 heavy (non-hydrogen) atoms. The van der Waals surface area contributed by atoms with E-state index >= 15 is 0 Å². The minimum Gasteiger partial charge on any atom is -0.352 e. The van der Waals surface area contributed by atoms with E-state index in [1.165, 1.54) is 47.3 Å². The minimum atomic E-state index is 0. The summed E-state index contributed by atoms with van der Waals surface area (Å²) in [4.78, 5) is 8.35. The lowest BCUT2D eigenvalue weighted by Gasteiger charge is -2.24. The number of hydrogen-bond acceptors (Lipinski definition) is 3. The smallest absolute Gasteiger partial charge is 0.191 e. The van der Waals surface area contributed by atoms with Gasteiger partial charge in [-0.15, -0.1) is 35.3 Å². The first-order valence-electron chi connectivity index (χ1n) is 8.20. The molecule has 0 spiro atoms. The molecule has 3 rings (SSSR count). The second-order valence-corrected chi connectivity index (χ2v) is 8.74. The Kier molecular flexibility index (Phi) is 8.11. The van der Waals surface area contributed by atoms with Crippen LogP contribution in [0.25, 0.3) is 0 Å². The number of nitrogens with one attached hydrogen (secondary N) is 2. The van der Waals surface area contributed by atoms with E-state index in [9.17, 15) is 0 Å². The molecule has 1 atom stereocenters. The number of hydrogen-bond donors (Lipinski definition) is 2. The minimum absolute atomic E-state index is 0. The highest BCUT2D eigenvalue weighted by molar-refractivity contribution is 14.0. The summed E-state index contributed by atoms with van der Waals surface area (Å²) in [5, 5.41) is 7.01. The third-order valence-corrected chi connectivity index (χ3v) is 6.31. The molecule has 2 N–H and O–H groups in total. The van der Waals surface area contributed by atoms with E-state index in [4.69, 9.17) is 0 Å². The molecule has 2 fully saturated rings. The summed E-state index contributed by atoms with van der Waals surface area (Å²) in [7, 11) is 1.85. The van der Waals surface area contributed by atoms with Crippen LogP contribution >= 0.6 is 51.2 Å². The van der Waals surface area contributed by atoms with Crippen LogP contribution in [0.4, 0.5) is 0 Å². The van der Waals surface area contributed by atoms with E-state index in [1.54, 1.807) is 11.3 Å². The van der Waals surface area contributed by atoms with Crippen molar-refractivity contribution < 1.29 is 0 Å². The van der Waals surface area contributed by atoms with E-state index < -0.39 is 0 Å². The molecule has 1 unspecified atom stereocenters. The topological polar surface area (TPSA) is 39.7 Å². The van der Waals surface area contributed by atoms with Crippen LogP contribution in [0.1, 0.15) is 37.0 Å². The summed E-state index contributed by atoms with van der Waals surface area (Å²) >= 11 is 5.27. The number of halogens is 2. The number of rotatable bonds is 4. The SMILES string of the molecule is CN=C(NCc1ccc(Br)s1)NC1CCN(C2CCCC2)C1.I. The monoisotopic (exact) mass is 512 g/mol. The summed E-state index contributed by atoms with van der Waals surface area (Å²) in [6.45, 7) is 3.22. The van der Waals surface area contributed by atoms with Gasteiger partial charge in [0.25, 0.3) is 0 Å². The Hall–Kier alpha value is 0.140. The maximum atomic E-state index is 4.36. The number of likely N-dealkylation sites (tertiary alicyclic amines) is 1. The molecule has 1 saturated carbocycles. The fourth-order valence-corrected chi connectivity index (χ4v) is 4.93. The lowest BCUT2D eigenvalue weighted by atomic mass is 10.2. The fraction of sp³-hybridized carbons (Fsp3) is 0.688. The van der Waals surface area contributed by atoms with Gasteiger partial charge in [0.05, 0.1) is 10.3 Å². The predicted octanol–water partition coefficient (Wildman–Crippen LogP) is 3.81. The Labute approximate surface area is 168 Å². The summed E-state index contributed by atoms with van der Waals surface area (Å²) in [6.07, 6.45) is 6.85. The Bertz CT molecular complexity index is 516. The molecule has 0 amide bonds. The van der Waals surface area contributed by atoms with Crippen molar-refractivity contribution >= 4 is 57.2 Å². The number of aliphatic imine (C=N–C) groups is 1. The van der Waals surface area contributed by atoms with Gasteiger partial charge in [-0.25, -0.2) is 0 Å². The van der Waals surface area contributed by atoms with Gasteiger partial charge in [0.15, 0.2) is 5.96 Å². The first-order chi connectivity index (χ1) is 10.7. The lowest BCUT2D eigenvalue weighted by Crippen LogP contribution is -2.44. The van der Waals surface area contributed by atoms with E-state index in [0.29, 0.717) is 6.04 Å². The van der Waals surface area contributed by atoms with Crippen molar-refractivity contribution in [2.75, 3.05) is 20.1 Å². The van der Waals surface area contributed by atoms with Crippen molar-refractivity contribution in [3.05, 3.63) is 20.8 Å². The molecule has 0 radical (unpaired) electrons. The molecule has 2 heterocycles. The van der Waals surface area contributed by atoms with Gasteiger partial charge in [-0.3, -0.25) is 9.89 Å². The van der Waals surface area contributed by atoms with Gasteiger partial charge in [-0.1, -0.05) is 12.8 Å². The average Bonchev–Trinajstić information content (AvgIpc) is 3.24. The summed E-state index contributed by atoms with van der Waals surface area (Å²) < 4.78 is 1.18. The number of guanidine groups is 1. The van der Waals surface area contributed by atoms with Crippen molar-refractivity contribution in [2.24, 2.45) is 4.99 Å². The quantitative estimate of drug-likeness (QED) is 0.366. The molecule has 130 valence electrons. The van der Waals surface area contributed by atoms with Crippen LogP contribution in [-0.2, 0) is 6.54 Å². The van der Waals surface area contributed by atoms with E-state index in [1.807, 2.05) is 7.05 Å². The van der Waals surface area contributed by atoms with E-state index in [2.05, 4.69) is 48.6 Å². The highest BCUT2D eigenvalue weighted by Gasteiger charge is 2.30. The average molecular weight is 513 g/mol. The molecule has 7 heteroatoms. The molecule has 1 saturated heterocycles. The molecule has 1 aromatic heterocycles. The molecule has 2 aliphatic rings. The van der Waals surface area contributed by atoms with Crippen LogP contribution in [0.15, 0.2) is 20.9 Å². The molecule has 0 bridgehead atoms. The first-order valence-corrected chi connectivity index (χ1v) is 9.81. The molecular formula is C16H26BrIN4S. The Morgan fingerprint density at radius 3 is 2.78 bits per heavy atom. The van der Waals surface area contributed by atoms with Crippen LogP contribution in [0, 0.1) is 0 Å². The normalized spacial score (nSPS) is 23.0. The fourth-order valence-electron chi connectivity index (χ4n) is 3.51. The van der Waals surface area contributed by atoms with Crippen molar-refractivity contribution in [2.45, 2.75) is 50.7 Å². The highest BCUT2D eigenvalue weighted by Crippen LogP contribution is 2.26. The van der Waals surface area contributed by atoms with Gasteiger partial charge in [0.2, 0.25) is 0 Å². The zero-order valence-electron chi connectivity index (χ0n) is 13.6. The lowest BCUT2D eigenvalue weighted by molar-refractivity contribution is 0.242. The van der Waals surface area contributed by atoms with Crippen LogP contribution in [0.5, 0.6) is 0 Å². The van der Waals surface area contributed by atoms with Crippen molar-refractivity contribution in [1.82, 2.24) is 15.5 Å². The molecule has 0 aromatic carbocycles. The molecule has 1 aliphatic heterocycles. The zero-order chi connectivity index (χ0) is 15.4. The summed E-state index contributed by atoms with van der Waals surface area (Å²) in [6, 6.07) is 5.60.